The molecule has 1 atom stereocenters. The first kappa shape index (κ1) is 13.2. The van der Waals surface area contributed by atoms with Crippen molar-refractivity contribution in [3.05, 3.63) is 30.0 Å². The van der Waals surface area contributed by atoms with E-state index in [1.807, 2.05) is 20.8 Å². The molecular formula is C13H18N4O2. The monoisotopic (exact) mass is 262 g/mol. The maximum absolute atomic E-state index is 5.77. The summed E-state index contributed by atoms with van der Waals surface area (Å²) in [5.74, 6) is 2.50. The number of anilines is 2. The molecule has 0 aliphatic rings. The zero-order chi connectivity index (χ0) is 13.8. The Morgan fingerprint density at radius 2 is 2.26 bits per heavy atom. The van der Waals surface area contributed by atoms with Crippen LogP contribution in [0.4, 0.5) is 11.5 Å². The van der Waals surface area contributed by atoms with Crippen molar-refractivity contribution >= 4 is 11.5 Å². The second-order valence-electron chi connectivity index (χ2n) is 4.20. The fraction of sp³-hybridized carbons (Fsp3) is 0.385. The van der Waals surface area contributed by atoms with E-state index in [-0.39, 0.29) is 6.04 Å². The lowest BCUT2D eigenvalue weighted by molar-refractivity contribution is 0.329. The third-order valence-electron chi connectivity index (χ3n) is 2.54. The second kappa shape index (κ2) is 5.60. The molecule has 2 aromatic heterocycles. The fourth-order valence-electron chi connectivity index (χ4n) is 1.64. The summed E-state index contributed by atoms with van der Waals surface area (Å²) in [7, 11) is 0. The van der Waals surface area contributed by atoms with Crippen molar-refractivity contribution in [1.29, 1.82) is 0 Å². The first-order valence-corrected chi connectivity index (χ1v) is 6.18. The normalized spacial score (nSPS) is 12.2. The minimum absolute atomic E-state index is 0.0840. The van der Waals surface area contributed by atoms with Crippen LogP contribution in [0.15, 0.2) is 22.7 Å². The van der Waals surface area contributed by atoms with Crippen molar-refractivity contribution in [3.8, 4) is 5.88 Å². The summed E-state index contributed by atoms with van der Waals surface area (Å²) >= 11 is 0. The number of nitrogens with one attached hydrogen (secondary N) is 1. The van der Waals surface area contributed by atoms with Crippen LogP contribution >= 0.6 is 0 Å². The number of ether oxygens (including phenoxy) is 1. The Bertz CT molecular complexity index is 553. The van der Waals surface area contributed by atoms with E-state index in [4.69, 9.17) is 14.9 Å². The molecule has 0 saturated carbocycles. The number of nitrogen functional groups attached to an aromatic ring is 1. The third kappa shape index (κ3) is 3.15. The summed E-state index contributed by atoms with van der Waals surface area (Å²) in [5, 5.41) is 3.19. The van der Waals surface area contributed by atoms with Gasteiger partial charge in [-0.1, -0.05) is 0 Å². The minimum Gasteiger partial charge on any atom is -0.476 e. The lowest BCUT2D eigenvalue weighted by atomic mass is 10.3. The standard InChI is InChI=1S/C13H18N4O2/c1-4-18-13-10(14)5-6-11(17-13)16-9(3)12-15-7-8(2)19-12/h5-7,9H,4,14H2,1-3H3,(H,16,17). The van der Waals surface area contributed by atoms with Crippen LogP contribution in [0.1, 0.15) is 31.5 Å². The molecule has 1 unspecified atom stereocenters. The van der Waals surface area contributed by atoms with Crippen molar-refractivity contribution in [2.75, 3.05) is 17.7 Å². The van der Waals surface area contributed by atoms with Gasteiger partial charge < -0.3 is 20.2 Å². The molecule has 6 nitrogen and oxygen atoms in total. The molecule has 0 saturated heterocycles. The maximum Gasteiger partial charge on any atom is 0.239 e. The molecular weight excluding hydrogens is 244 g/mol. The Balaban J connectivity index is 2.12. The van der Waals surface area contributed by atoms with Gasteiger partial charge in [0.1, 0.15) is 17.6 Å². The van der Waals surface area contributed by atoms with Crippen molar-refractivity contribution in [3.63, 3.8) is 0 Å². The van der Waals surface area contributed by atoms with Crippen LogP contribution in [0.2, 0.25) is 0 Å². The average Bonchev–Trinajstić information content (AvgIpc) is 2.80. The van der Waals surface area contributed by atoms with E-state index in [9.17, 15) is 0 Å². The average molecular weight is 262 g/mol. The highest BCUT2D eigenvalue weighted by Crippen LogP contribution is 2.23. The predicted molar refractivity (Wildman–Crippen MR) is 73.1 cm³/mol. The van der Waals surface area contributed by atoms with E-state index in [0.717, 1.165) is 5.76 Å². The highest BCUT2D eigenvalue weighted by Gasteiger charge is 2.12. The first-order chi connectivity index (χ1) is 9.10. The maximum atomic E-state index is 5.77. The van der Waals surface area contributed by atoms with E-state index < -0.39 is 0 Å². The number of nitrogens with zero attached hydrogens (tertiary/aromatic N) is 2. The molecule has 0 bridgehead atoms. The van der Waals surface area contributed by atoms with Gasteiger partial charge in [-0.15, -0.1) is 0 Å². The SMILES string of the molecule is CCOc1nc(NC(C)c2ncc(C)o2)ccc1N. The molecule has 0 spiro atoms. The van der Waals surface area contributed by atoms with Crippen LogP contribution in [0.25, 0.3) is 0 Å². The van der Waals surface area contributed by atoms with Gasteiger partial charge in [0.15, 0.2) is 0 Å². The Hall–Kier alpha value is -2.24. The van der Waals surface area contributed by atoms with Crippen molar-refractivity contribution in [1.82, 2.24) is 9.97 Å². The highest BCUT2D eigenvalue weighted by molar-refractivity contribution is 5.53. The van der Waals surface area contributed by atoms with Crippen molar-refractivity contribution in [2.24, 2.45) is 0 Å². The summed E-state index contributed by atoms with van der Waals surface area (Å²) in [4.78, 5) is 8.48. The van der Waals surface area contributed by atoms with Crippen molar-refractivity contribution < 1.29 is 9.15 Å². The van der Waals surface area contributed by atoms with Gasteiger partial charge in [-0.05, 0) is 32.9 Å². The smallest absolute Gasteiger partial charge is 0.239 e. The van der Waals surface area contributed by atoms with E-state index in [1.54, 1.807) is 18.3 Å². The number of nitrogens with two attached hydrogens (primary N) is 1. The molecule has 0 aliphatic heterocycles. The minimum atomic E-state index is -0.0840. The van der Waals surface area contributed by atoms with E-state index in [2.05, 4.69) is 15.3 Å². The molecule has 2 aromatic rings. The van der Waals surface area contributed by atoms with Crippen LogP contribution in [0.3, 0.4) is 0 Å². The van der Waals surface area contributed by atoms with Gasteiger partial charge in [0, 0.05) is 0 Å². The summed E-state index contributed by atoms with van der Waals surface area (Å²) in [6.07, 6.45) is 1.69. The number of hydrogen-bond acceptors (Lipinski definition) is 6. The van der Waals surface area contributed by atoms with Gasteiger partial charge in [0.2, 0.25) is 11.8 Å². The molecule has 0 aromatic carbocycles. The van der Waals surface area contributed by atoms with Gasteiger partial charge >= 0.3 is 0 Å². The number of rotatable bonds is 5. The molecule has 0 fully saturated rings. The molecule has 0 aliphatic carbocycles. The molecule has 3 N–H and O–H groups in total. The van der Waals surface area contributed by atoms with E-state index >= 15 is 0 Å². The molecule has 6 heteroatoms. The van der Waals surface area contributed by atoms with Crippen molar-refractivity contribution in [2.45, 2.75) is 26.8 Å². The summed E-state index contributed by atoms with van der Waals surface area (Å²) in [5.41, 5.74) is 6.30. The van der Waals surface area contributed by atoms with Crippen LogP contribution < -0.4 is 15.8 Å². The topological polar surface area (TPSA) is 86.2 Å². The first-order valence-electron chi connectivity index (χ1n) is 6.18. The van der Waals surface area contributed by atoms with Gasteiger partial charge in [0.05, 0.1) is 18.5 Å². The number of hydrogen-bond donors (Lipinski definition) is 2. The summed E-state index contributed by atoms with van der Waals surface area (Å²) < 4.78 is 10.8. The third-order valence-corrected chi connectivity index (χ3v) is 2.54. The number of pyridine rings is 1. The van der Waals surface area contributed by atoms with E-state index in [1.165, 1.54) is 0 Å². The summed E-state index contributed by atoms with van der Waals surface area (Å²) in [6.45, 7) is 6.22. The summed E-state index contributed by atoms with van der Waals surface area (Å²) in [6, 6.07) is 3.47. The van der Waals surface area contributed by atoms with Crippen LogP contribution in [0, 0.1) is 6.92 Å². The Morgan fingerprint density at radius 3 is 2.89 bits per heavy atom. The number of aryl methyl sites for hydroxylation is 1. The number of oxazole rings is 1. The molecule has 2 heterocycles. The zero-order valence-corrected chi connectivity index (χ0v) is 11.3. The Morgan fingerprint density at radius 1 is 1.47 bits per heavy atom. The molecule has 0 amide bonds. The quantitative estimate of drug-likeness (QED) is 0.861. The van der Waals surface area contributed by atoms with Gasteiger partial charge in [0.25, 0.3) is 0 Å². The fourth-order valence-corrected chi connectivity index (χ4v) is 1.64. The van der Waals surface area contributed by atoms with Crippen LogP contribution in [-0.4, -0.2) is 16.6 Å². The van der Waals surface area contributed by atoms with E-state index in [0.29, 0.717) is 29.9 Å². The van der Waals surface area contributed by atoms with Gasteiger partial charge in [-0.3, -0.25) is 0 Å². The van der Waals surface area contributed by atoms with Gasteiger partial charge in [-0.2, -0.15) is 4.98 Å². The molecule has 102 valence electrons. The second-order valence-corrected chi connectivity index (χ2v) is 4.20. The van der Waals surface area contributed by atoms with Crippen LogP contribution in [-0.2, 0) is 0 Å². The van der Waals surface area contributed by atoms with Gasteiger partial charge in [-0.25, -0.2) is 4.98 Å². The Kier molecular flexibility index (Phi) is 3.89. The highest BCUT2D eigenvalue weighted by atomic mass is 16.5. The molecule has 19 heavy (non-hydrogen) atoms. The lowest BCUT2D eigenvalue weighted by Crippen LogP contribution is -2.09. The largest absolute Gasteiger partial charge is 0.476 e. The molecule has 2 rings (SSSR count). The Labute approximate surface area is 112 Å². The van der Waals surface area contributed by atoms with Crippen LogP contribution in [0.5, 0.6) is 5.88 Å². The lowest BCUT2D eigenvalue weighted by Gasteiger charge is -2.13. The number of aromatic nitrogens is 2. The molecule has 0 radical (unpaired) electrons. The zero-order valence-electron chi connectivity index (χ0n) is 11.3. The predicted octanol–water partition coefficient (Wildman–Crippen LogP) is 2.53.